The maximum atomic E-state index is 11.9. The van der Waals surface area contributed by atoms with E-state index in [2.05, 4.69) is 10.3 Å². The molecule has 3 nitrogen and oxygen atoms in total. The third-order valence-electron chi connectivity index (χ3n) is 2.32. The van der Waals surface area contributed by atoms with E-state index in [0.29, 0.717) is 16.4 Å². The van der Waals surface area contributed by atoms with Crippen LogP contribution in [0, 0.1) is 0 Å². The number of carbonyl (C=O) groups excluding carboxylic acids is 1. The van der Waals surface area contributed by atoms with E-state index < -0.39 is 0 Å². The van der Waals surface area contributed by atoms with Crippen molar-refractivity contribution in [1.29, 1.82) is 0 Å². The van der Waals surface area contributed by atoms with Gasteiger partial charge in [0.05, 0.1) is 5.02 Å². The number of hydrogen-bond acceptors (Lipinski definition) is 3. The van der Waals surface area contributed by atoms with E-state index in [0.717, 1.165) is 4.90 Å². The Bertz CT molecular complexity index is 540. The molecule has 0 spiro atoms. The third-order valence-corrected chi connectivity index (χ3v) is 3.29. The van der Waals surface area contributed by atoms with Crippen LogP contribution in [-0.4, -0.2) is 17.1 Å². The Hall–Kier alpha value is -1.52. The molecule has 0 radical (unpaired) electrons. The first-order chi connectivity index (χ1) is 8.69. The number of amides is 1. The van der Waals surface area contributed by atoms with E-state index in [4.69, 9.17) is 11.6 Å². The largest absolute Gasteiger partial charge is 0.307 e. The summed E-state index contributed by atoms with van der Waals surface area (Å²) in [6.45, 7) is 0. The van der Waals surface area contributed by atoms with Gasteiger partial charge in [-0.05, 0) is 42.7 Å². The van der Waals surface area contributed by atoms with E-state index in [1.807, 2.05) is 18.4 Å². The molecule has 18 heavy (non-hydrogen) atoms. The van der Waals surface area contributed by atoms with Gasteiger partial charge in [-0.15, -0.1) is 11.8 Å². The van der Waals surface area contributed by atoms with E-state index in [1.165, 1.54) is 6.20 Å². The zero-order chi connectivity index (χ0) is 13.0. The summed E-state index contributed by atoms with van der Waals surface area (Å²) in [5, 5.41) is 3.25. The summed E-state index contributed by atoms with van der Waals surface area (Å²) < 4.78 is 0. The highest BCUT2D eigenvalue weighted by atomic mass is 35.5. The van der Waals surface area contributed by atoms with Crippen LogP contribution in [0.15, 0.2) is 47.5 Å². The summed E-state index contributed by atoms with van der Waals surface area (Å²) in [6.07, 6.45) is 3.49. The van der Waals surface area contributed by atoms with Crippen molar-refractivity contribution in [1.82, 2.24) is 4.98 Å². The first kappa shape index (κ1) is 12.9. The summed E-state index contributed by atoms with van der Waals surface area (Å²) in [6, 6.07) is 10.7. The molecule has 0 saturated carbocycles. The van der Waals surface area contributed by atoms with Gasteiger partial charge in [-0.2, -0.15) is 0 Å². The molecule has 2 aromatic rings. The third kappa shape index (κ3) is 3.24. The molecule has 5 heteroatoms. The Morgan fingerprint density at radius 2 is 1.94 bits per heavy atom. The van der Waals surface area contributed by atoms with Crippen LogP contribution in [-0.2, 0) is 0 Å². The van der Waals surface area contributed by atoms with Gasteiger partial charge in [-0.25, -0.2) is 4.98 Å². The minimum absolute atomic E-state index is 0.183. The van der Waals surface area contributed by atoms with Gasteiger partial charge in [-0.3, -0.25) is 4.79 Å². The van der Waals surface area contributed by atoms with Crippen molar-refractivity contribution in [3.8, 4) is 0 Å². The summed E-state index contributed by atoms with van der Waals surface area (Å²) >= 11 is 7.36. The SMILES string of the molecule is CSc1ccc(C(=O)Nc2ccc(Cl)cn2)cc1. The van der Waals surface area contributed by atoms with Crippen LogP contribution >= 0.6 is 23.4 Å². The summed E-state index contributed by atoms with van der Waals surface area (Å²) in [7, 11) is 0. The van der Waals surface area contributed by atoms with Gasteiger partial charge in [-0.1, -0.05) is 11.6 Å². The molecule has 0 aliphatic heterocycles. The number of nitrogens with zero attached hydrogens (tertiary/aromatic N) is 1. The minimum atomic E-state index is -0.183. The summed E-state index contributed by atoms with van der Waals surface area (Å²) in [5.41, 5.74) is 0.601. The highest BCUT2D eigenvalue weighted by Gasteiger charge is 2.06. The number of halogens is 1. The Morgan fingerprint density at radius 1 is 1.22 bits per heavy atom. The van der Waals surface area contributed by atoms with Crippen LogP contribution in [0.3, 0.4) is 0 Å². The van der Waals surface area contributed by atoms with Gasteiger partial charge < -0.3 is 5.32 Å². The van der Waals surface area contributed by atoms with Crippen molar-refractivity contribution in [2.24, 2.45) is 0 Å². The first-order valence-electron chi connectivity index (χ1n) is 5.26. The number of thioether (sulfide) groups is 1. The molecular formula is C13H11ClN2OS. The molecule has 0 aliphatic carbocycles. The second-order valence-electron chi connectivity index (χ2n) is 3.54. The zero-order valence-corrected chi connectivity index (χ0v) is 11.3. The Balaban J connectivity index is 2.09. The maximum absolute atomic E-state index is 11.9. The number of carbonyl (C=O) groups is 1. The van der Waals surface area contributed by atoms with Crippen molar-refractivity contribution < 1.29 is 4.79 Å². The lowest BCUT2D eigenvalue weighted by Crippen LogP contribution is -2.12. The molecule has 1 aromatic heterocycles. The lowest BCUT2D eigenvalue weighted by atomic mass is 10.2. The molecule has 0 unspecified atom stereocenters. The quantitative estimate of drug-likeness (QED) is 0.870. The molecule has 2 rings (SSSR count). The standard InChI is InChI=1S/C13H11ClN2OS/c1-18-11-5-2-9(3-6-11)13(17)16-12-7-4-10(14)8-15-12/h2-8H,1H3,(H,15,16,17). The van der Waals surface area contributed by atoms with Crippen LogP contribution in [0.2, 0.25) is 5.02 Å². The van der Waals surface area contributed by atoms with Gasteiger partial charge in [0.15, 0.2) is 0 Å². The molecule has 1 heterocycles. The van der Waals surface area contributed by atoms with Crippen molar-refractivity contribution in [3.63, 3.8) is 0 Å². The van der Waals surface area contributed by atoms with Crippen LogP contribution in [0.25, 0.3) is 0 Å². The normalized spacial score (nSPS) is 10.1. The van der Waals surface area contributed by atoms with Crippen LogP contribution in [0.4, 0.5) is 5.82 Å². The Morgan fingerprint density at radius 3 is 2.50 bits per heavy atom. The molecule has 0 atom stereocenters. The fraction of sp³-hybridized carbons (Fsp3) is 0.0769. The van der Waals surface area contributed by atoms with Crippen molar-refractivity contribution in [2.75, 3.05) is 11.6 Å². The number of anilines is 1. The molecule has 92 valence electrons. The first-order valence-corrected chi connectivity index (χ1v) is 6.86. The number of aromatic nitrogens is 1. The Labute approximate surface area is 115 Å². The predicted molar refractivity (Wildman–Crippen MR) is 75.4 cm³/mol. The van der Waals surface area contributed by atoms with Crippen molar-refractivity contribution in [2.45, 2.75) is 4.90 Å². The second-order valence-corrected chi connectivity index (χ2v) is 4.86. The molecule has 1 amide bonds. The van der Waals surface area contributed by atoms with E-state index in [1.54, 1.807) is 36.0 Å². The molecule has 0 fully saturated rings. The zero-order valence-electron chi connectivity index (χ0n) is 9.68. The van der Waals surface area contributed by atoms with Crippen LogP contribution in [0.1, 0.15) is 10.4 Å². The van der Waals surface area contributed by atoms with Gasteiger partial charge in [0, 0.05) is 16.7 Å². The fourth-order valence-electron chi connectivity index (χ4n) is 1.38. The number of benzene rings is 1. The van der Waals surface area contributed by atoms with Crippen LogP contribution < -0.4 is 5.32 Å². The Kier molecular flexibility index (Phi) is 4.23. The highest BCUT2D eigenvalue weighted by Crippen LogP contribution is 2.16. The predicted octanol–water partition coefficient (Wildman–Crippen LogP) is 3.71. The van der Waals surface area contributed by atoms with Gasteiger partial charge in [0.25, 0.3) is 5.91 Å². The molecule has 0 aliphatic rings. The van der Waals surface area contributed by atoms with Gasteiger partial charge in [0.1, 0.15) is 5.82 Å². The van der Waals surface area contributed by atoms with E-state index in [-0.39, 0.29) is 5.91 Å². The number of hydrogen-bond donors (Lipinski definition) is 1. The molecule has 0 bridgehead atoms. The topological polar surface area (TPSA) is 42.0 Å². The molecule has 1 N–H and O–H groups in total. The fourth-order valence-corrected chi connectivity index (χ4v) is 1.90. The lowest BCUT2D eigenvalue weighted by Gasteiger charge is -2.04. The van der Waals surface area contributed by atoms with Gasteiger partial charge >= 0.3 is 0 Å². The summed E-state index contributed by atoms with van der Waals surface area (Å²) in [4.78, 5) is 17.0. The average Bonchev–Trinajstić information content (AvgIpc) is 2.41. The minimum Gasteiger partial charge on any atom is -0.307 e. The molecule has 1 aromatic carbocycles. The number of pyridine rings is 1. The van der Waals surface area contributed by atoms with Crippen molar-refractivity contribution in [3.05, 3.63) is 53.2 Å². The van der Waals surface area contributed by atoms with E-state index >= 15 is 0 Å². The van der Waals surface area contributed by atoms with Crippen LogP contribution in [0.5, 0.6) is 0 Å². The highest BCUT2D eigenvalue weighted by molar-refractivity contribution is 7.98. The second kappa shape index (κ2) is 5.89. The smallest absolute Gasteiger partial charge is 0.256 e. The molecular weight excluding hydrogens is 268 g/mol. The average molecular weight is 279 g/mol. The molecule has 0 saturated heterocycles. The van der Waals surface area contributed by atoms with Gasteiger partial charge in [0.2, 0.25) is 0 Å². The monoisotopic (exact) mass is 278 g/mol. The number of rotatable bonds is 3. The number of nitrogens with one attached hydrogen (secondary N) is 1. The maximum Gasteiger partial charge on any atom is 0.256 e. The van der Waals surface area contributed by atoms with Crippen molar-refractivity contribution >= 4 is 35.1 Å². The summed E-state index contributed by atoms with van der Waals surface area (Å²) in [5.74, 6) is 0.302. The van der Waals surface area contributed by atoms with E-state index in [9.17, 15) is 4.79 Å². The lowest BCUT2D eigenvalue weighted by molar-refractivity contribution is 0.102.